The van der Waals surface area contributed by atoms with Crippen LogP contribution >= 0.6 is 0 Å². The van der Waals surface area contributed by atoms with Crippen molar-refractivity contribution >= 4 is 5.91 Å². The van der Waals surface area contributed by atoms with Crippen molar-refractivity contribution in [1.29, 1.82) is 0 Å². The summed E-state index contributed by atoms with van der Waals surface area (Å²) in [5.74, 6) is -0.604. The maximum Gasteiger partial charge on any atom is 0.251 e. The van der Waals surface area contributed by atoms with Gasteiger partial charge in [-0.3, -0.25) is 4.79 Å². The largest absolute Gasteiger partial charge is 0.384 e. The SMILES string of the molecule is Cc1cc(C)cc(C(=O)NCC(C)(O)c2ccc(F)cc2)c1. The summed E-state index contributed by atoms with van der Waals surface area (Å²) in [5.41, 5.74) is 1.87. The average molecular weight is 301 g/mol. The zero-order valence-corrected chi connectivity index (χ0v) is 13.0. The molecule has 0 fully saturated rings. The van der Waals surface area contributed by atoms with Crippen molar-refractivity contribution in [3.05, 3.63) is 70.5 Å². The lowest BCUT2D eigenvalue weighted by Crippen LogP contribution is -2.38. The van der Waals surface area contributed by atoms with E-state index in [0.717, 1.165) is 11.1 Å². The number of amides is 1. The van der Waals surface area contributed by atoms with Crippen molar-refractivity contribution in [2.75, 3.05) is 6.54 Å². The summed E-state index contributed by atoms with van der Waals surface area (Å²) in [7, 11) is 0. The third-order valence-corrected chi connectivity index (χ3v) is 3.54. The predicted molar refractivity (Wildman–Crippen MR) is 84.2 cm³/mol. The maximum absolute atomic E-state index is 12.9. The molecule has 116 valence electrons. The first kappa shape index (κ1) is 16.2. The van der Waals surface area contributed by atoms with Gasteiger partial charge in [0.05, 0.1) is 6.54 Å². The molecule has 2 rings (SSSR count). The van der Waals surface area contributed by atoms with E-state index in [1.165, 1.54) is 24.3 Å². The van der Waals surface area contributed by atoms with Gasteiger partial charge in [0.15, 0.2) is 0 Å². The number of carbonyl (C=O) groups is 1. The molecule has 0 saturated carbocycles. The molecule has 2 N–H and O–H groups in total. The third kappa shape index (κ3) is 3.92. The zero-order chi connectivity index (χ0) is 16.3. The van der Waals surface area contributed by atoms with Crippen molar-refractivity contribution in [3.63, 3.8) is 0 Å². The fourth-order valence-corrected chi connectivity index (χ4v) is 2.37. The van der Waals surface area contributed by atoms with Crippen molar-refractivity contribution in [1.82, 2.24) is 5.32 Å². The number of aryl methyl sites for hydroxylation is 2. The zero-order valence-electron chi connectivity index (χ0n) is 13.0. The Balaban J connectivity index is 2.07. The minimum absolute atomic E-state index is 0.0461. The molecule has 1 unspecified atom stereocenters. The second-order valence-electron chi connectivity index (χ2n) is 5.84. The van der Waals surface area contributed by atoms with Crippen LogP contribution in [0, 0.1) is 19.7 Å². The van der Waals surface area contributed by atoms with Gasteiger partial charge in [-0.1, -0.05) is 29.3 Å². The third-order valence-electron chi connectivity index (χ3n) is 3.54. The van der Waals surface area contributed by atoms with Gasteiger partial charge in [-0.25, -0.2) is 4.39 Å². The molecule has 2 aromatic carbocycles. The Morgan fingerprint density at radius 2 is 1.68 bits per heavy atom. The first-order valence-corrected chi connectivity index (χ1v) is 7.13. The Morgan fingerprint density at radius 1 is 1.14 bits per heavy atom. The lowest BCUT2D eigenvalue weighted by molar-refractivity contribution is 0.0526. The molecule has 4 heteroatoms. The van der Waals surface area contributed by atoms with Crippen LogP contribution in [0.15, 0.2) is 42.5 Å². The van der Waals surface area contributed by atoms with Gasteiger partial charge in [-0.05, 0) is 50.6 Å². The summed E-state index contributed by atoms with van der Waals surface area (Å²) in [6, 6.07) is 11.2. The average Bonchev–Trinajstić information content (AvgIpc) is 2.44. The highest BCUT2D eigenvalue weighted by molar-refractivity contribution is 5.94. The molecule has 0 aromatic heterocycles. The molecule has 0 heterocycles. The Bertz CT molecular complexity index is 658. The van der Waals surface area contributed by atoms with E-state index in [4.69, 9.17) is 0 Å². The van der Waals surface area contributed by atoms with Crippen LogP contribution in [-0.2, 0) is 5.60 Å². The minimum atomic E-state index is -1.26. The summed E-state index contributed by atoms with van der Waals surface area (Å²) in [5, 5.41) is 13.2. The molecule has 0 radical (unpaired) electrons. The number of hydrogen-bond acceptors (Lipinski definition) is 2. The number of benzene rings is 2. The summed E-state index contributed by atoms with van der Waals surface area (Å²) < 4.78 is 12.9. The molecular weight excluding hydrogens is 281 g/mol. The van der Waals surface area contributed by atoms with Crippen LogP contribution in [0.4, 0.5) is 4.39 Å². The van der Waals surface area contributed by atoms with Gasteiger partial charge >= 0.3 is 0 Å². The molecule has 2 aromatic rings. The highest BCUT2D eigenvalue weighted by Crippen LogP contribution is 2.20. The lowest BCUT2D eigenvalue weighted by Gasteiger charge is -2.24. The number of halogens is 1. The molecule has 0 spiro atoms. The van der Waals surface area contributed by atoms with E-state index in [9.17, 15) is 14.3 Å². The Labute approximate surface area is 129 Å². The van der Waals surface area contributed by atoms with Crippen molar-refractivity contribution in [3.8, 4) is 0 Å². The Kier molecular flexibility index (Phi) is 4.62. The van der Waals surface area contributed by atoms with Gasteiger partial charge in [0.2, 0.25) is 0 Å². The topological polar surface area (TPSA) is 49.3 Å². The molecule has 1 amide bonds. The van der Waals surface area contributed by atoms with Crippen LogP contribution in [0.2, 0.25) is 0 Å². The molecule has 0 bridgehead atoms. The van der Waals surface area contributed by atoms with Gasteiger partial charge in [0, 0.05) is 5.56 Å². The second kappa shape index (κ2) is 6.28. The minimum Gasteiger partial charge on any atom is -0.384 e. The monoisotopic (exact) mass is 301 g/mol. The first-order chi connectivity index (χ1) is 10.3. The highest BCUT2D eigenvalue weighted by Gasteiger charge is 2.24. The summed E-state index contributed by atoms with van der Waals surface area (Å²) in [4.78, 5) is 12.2. The normalized spacial score (nSPS) is 13.5. The van der Waals surface area contributed by atoms with Crippen LogP contribution in [0.3, 0.4) is 0 Å². The van der Waals surface area contributed by atoms with E-state index >= 15 is 0 Å². The van der Waals surface area contributed by atoms with Gasteiger partial charge in [-0.2, -0.15) is 0 Å². The molecule has 0 aliphatic carbocycles. The highest BCUT2D eigenvalue weighted by atomic mass is 19.1. The number of carbonyl (C=O) groups excluding carboxylic acids is 1. The number of hydrogen-bond donors (Lipinski definition) is 2. The fourth-order valence-electron chi connectivity index (χ4n) is 2.37. The fraction of sp³-hybridized carbons (Fsp3) is 0.278. The van der Waals surface area contributed by atoms with Crippen LogP contribution in [-0.4, -0.2) is 17.6 Å². The van der Waals surface area contributed by atoms with Gasteiger partial charge in [-0.15, -0.1) is 0 Å². The van der Waals surface area contributed by atoms with Crippen LogP contribution < -0.4 is 5.32 Å². The summed E-state index contributed by atoms with van der Waals surface area (Å²) in [6.45, 7) is 5.49. The smallest absolute Gasteiger partial charge is 0.251 e. The van der Waals surface area contributed by atoms with E-state index in [0.29, 0.717) is 11.1 Å². The van der Waals surface area contributed by atoms with E-state index in [1.54, 1.807) is 19.1 Å². The van der Waals surface area contributed by atoms with Gasteiger partial charge in [0.25, 0.3) is 5.91 Å². The quantitative estimate of drug-likeness (QED) is 0.912. The molecule has 0 aliphatic rings. The van der Waals surface area contributed by atoms with Crippen molar-refractivity contribution in [2.45, 2.75) is 26.4 Å². The summed E-state index contributed by atoms with van der Waals surface area (Å²) in [6.07, 6.45) is 0. The van der Waals surface area contributed by atoms with Gasteiger partial charge in [0.1, 0.15) is 11.4 Å². The van der Waals surface area contributed by atoms with E-state index in [1.807, 2.05) is 19.9 Å². The van der Waals surface area contributed by atoms with E-state index in [-0.39, 0.29) is 18.3 Å². The summed E-state index contributed by atoms with van der Waals surface area (Å²) >= 11 is 0. The van der Waals surface area contributed by atoms with Crippen LogP contribution in [0.1, 0.15) is 34.0 Å². The van der Waals surface area contributed by atoms with Crippen molar-refractivity contribution < 1.29 is 14.3 Å². The molecule has 22 heavy (non-hydrogen) atoms. The van der Waals surface area contributed by atoms with E-state index < -0.39 is 5.60 Å². The number of aliphatic hydroxyl groups is 1. The molecule has 0 saturated heterocycles. The molecule has 3 nitrogen and oxygen atoms in total. The Hall–Kier alpha value is -2.20. The first-order valence-electron chi connectivity index (χ1n) is 7.13. The Morgan fingerprint density at radius 3 is 2.23 bits per heavy atom. The standard InChI is InChI=1S/C18H20FNO2/c1-12-8-13(2)10-14(9-12)17(21)20-11-18(3,22)15-4-6-16(19)7-5-15/h4-10,22H,11H2,1-3H3,(H,20,21). The lowest BCUT2D eigenvalue weighted by atomic mass is 9.96. The molecule has 0 aliphatic heterocycles. The molecular formula is C18H20FNO2. The maximum atomic E-state index is 12.9. The number of rotatable bonds is 4. The molecule has 1 atom stereocenters. The van der Waals surface area contributed by atoms with Crippen LogP contribution in [0.5, 0.6) is 0 Å². The van der Waals surface area contributed by atoms with E-state index in [2.05, 4.69) is 5.32 Å². The van der Waals surface area contributed by atoms with Crippen LogP contribution in [0.25, 0.3) is 0 Å². The van der Waals surface area contributed by atoms with Crippen molar-refractivity contribution in [2.24, 2.45) is 0 Å². The second-order valence-corrected chi connectivity index (χ2v) is 5.84. The van der Waals surface area contributed by atoms with Gasteiger partial charge < -0.3 is 10.4 Å². The number of nitrogens with one attached hydrogen (secondary N) is 1. The predicted octanol–water partition coefficient (Wildman–Crippen LogP) is 3.08.